The van der Waals surface area contributed by atoms with Gasteiger partial charge in [0.1, 0.15) is 0 Å². The Kier molecular flexibility index (Phi) is 4.35. The summed E-state index contributed by atoms with van der Waals surface area (Å²) in [5.41, 5.74) is 4.02. The number of carbonyl (C=O) groups is 2. The first-order valence-electron chi connectivity index (χ1n) is 8.81. The Morgan fingerprint density at radius 1 is 1.32 bits per heavy atom. The van der Waals surface area contributed by atoms with Crippen molar-refractivity contribution in [2.45, 2.75) is 47.1 Å². The number of nitrogens with one attached hydrogen (secondary N) is 2. The van der Waals surface area contributed by atoms with Crippen LogP contribution >= 0.6 is 0 Å². The van der Waals surface area contributed by atoms with E-state index in [-0.39, 0.29) is 23.3 Å². The zero-order valence-corrected chi connectivity index (χ0v) is 15.7. The van der Waals surface area contributed by atoms with Crippen molar-refractivity contribution < 1.29 is 9.59 Å². The van der Waals surface area contributed by atoms with Gasteiger partial charge in [-0.3, -0.25) is 9.59 Å². The zero-order valence-electron chi connectivity index (χ0n) is 15.7. The van der Waals surface area contributed by atoms with Crippen LogP contribution in [0.25, 0.3) is 10.9 Å². The summed E-state index contributed by atoms with van der Waals surface area (Å²) in [7, 11) is 0. The fraction of sp³-hybridized carbons (Fsp3) is 0.500. The van der Waals surface area contributed by atoms with E-state index >= 15 is 0 Å². The predicted molar refractivity (Wildman–Crippen MR) is 99.7 cm³/mol. The summed E-state index contributed by atoms with van der Waals surface area (Å²) < 4.78 is 0. The van der Waals surface area contributed by atoms with Gasteiger partial charge in [-0.05, 0) is 43.0 Å². The molecule has 1 atom stereocenters. The Labute approximate surface area is 148 Å². The highest BCUT2D eigenvalue weighted by Crippen LogP contribution is 2.23. The van der Waals surface area contributed by atoms with Crippen molar-refractivity contribution in [3.63, 3.8) is 0 Å². The van der Waals surface area contributed by atoms with Gasteiger partial charge in [0.15, 0.2) is 0 Å². The van der Waals surface area contributed by atoms with E-state index in [0.717, 1.165) is 22.2 Å². The summed E-state index contributed by atoms with van der Waals surface area (Å²) in [5.74, 6) is 0.00310. The summed E-state index contributed by atoms with van der Waals surface area (Å²) in [6, 6.07) is 5.58. The molecule has 1 aromatic carbocycles. The Morgan fingerprint density at radius 3 is 2.72 bits per heavy atom. The van der Waals surface area contributed by atoms with Crippen molar-refractivity contribution in [2.75, 3.05) is 13.1 Å². The van der Waals surface area contributed by atoms with Crippen LogP contribution < -0.4 is 5.32 Å². The number of benzene rings is 1. The second kappa shape index (κ2) is 6.21. The van der Waals surface area contributed by atoms with Crippen LogP contribution in [0.5, 0.6) is 0 Å². The summed E-state index contributed by atoms with van der Waals surface area (Å²) in [5, 5.41) is 4.09. The van der Waals surface area contributed by atoms with Gasteiger partial charge in [0.25, 0.3) is 5.91 Å². The largest absolute Gasteiger partial charge is 0.358 e. The van der Waals surface area contributed by atoms with Crippen LogP contribution in [0, 0.1) is 19.3 Å². The van der Waals surface area contributed by atoms with Gasteiger partial charge in [0.05, 0.1) is 6.04 Å². The van der Waals surface area contributed by atoms with Crippen molar-refractivity contribution in [1.29, 1.82) is 0 Å². The monoisotopic (exact) mass is 341 g/mol. The molecular formula is C20H27N3O2. The Bertz CT molecular complexity index is 829. The maximum Gasteiger partial charge on any atom is 0.251 e. The number of rotatable bonds is 3. The van der Waals surface area contributed by atoms with Gasteiger partial charge >= 0.3 is 0 Å². The minimum Gasteiger partial charge on any atom is -0.358 e. The number of nitrogens with zero attached hydrogens (tertiary/aromatic N) is 1. The third kappa shape index (κ3) is 3.70. The van der Waals surface area contributed by atoms with Gasteiger partial charge in [-0.2, -0.15) is 0 Å². The normalized spacial score (nSPS) is 18.2. The molecule has 2 N–H and O–H groups in total. The number of fused-ring (bicyclic) bond motifs is 1. The SMILES string of the molecule is Cc1[nH]c2ccc(C(=O)N[C@@H]3CC(=O)N(CC(C)(C)C)C3)cc2c1C. The average Bonchev–Trinajstić information content (AvgIpc) is 2.98. The minimum atomic E-state index is -0.118. The summed E-state index contributed by atoms with van der Waals surface area (Å²) in [6.45, 7) is 11.7. The van der Waals surface area contributed by atoms with Crippen LogP contribution in [-0.2, 0) is 4.79 Å². The van der Waals surface area contributed by atoms with Crippen LogP contribution in [0.2, 0.25) is 0 Å². The van der Waals surface area contributed by atoms with Crippen molar-refractivity contribution in [1.82, 2.24) is 15.2 Å². The zero-order chi connectivity index (χ0) is 18.4. The quantitative estimate of drug-likeness (QED) is 0.900. The molecule has 0 spiro atoms. The van der Waals surface area contributed by atoms with Crippen LogP contribution in [0.1, 0.15) is 48.8 Å². The molecule has 1 saturated heterocycles. The van der Waals surface area contributed by atoms with E-state index in [1.54, 1.807) is 0 Å². The molecule has 25 heavy (non-hydrogen) atoms. The Balaban J connectivity index is 1.70. The van der Waals surface area contributed by atoms with E-state index in [1.807, 2.05) is 30.0 Å². The summed E-state index contributed by atoms with van der Waals surface area (Å²) >= 11 is 0. The molecule has 2 aromatic rings. The van der Waals surface area contributed by atoms with E-state index < -0.39 is 0 Å². The van der Waals surface area contributed by atoms with E-state index in [9.17, 15) is 9.59 Å². The molecule has 2 amide bonds. The topological polar surface area (TPSA) is 65.2 Å². The number of amides is 2. The molecule has 3 rings (SSSR count). The van der Waals surface area contributed by atoms with Gasteiger partial charge < -0.3 is 15.2 Å². The van der Waals surface area contributed by atoms with E-state index in [0.29, 0.717) is 25.1 Å². The first-order chi connectivity index (χ1) is 11.6. The number of H-pyrrole nitrogens is 1. The number of likely N-dealkylation sites (tertiary alicyclic amines) is 1. The molecule has 0 radical (unpaired) electrons. The van der Waals surface area contributed by atoms with Gasteiger partial charge in [-0.25, -0.2) is 0 Å². The fourth-order valence-corrected chi connectivity index (χ4v) is 3.47. The third-order valence-corrected chi connectivity index (χ3v) is 4.79. The molecule has 5 heteroatoms. The molecule has 1 aromatic heterocycles. The number of aromatic amines is 1. The average molecular weight is 341 g/mol. The molecule has 0 saturated carbocycles. The van der Waals surface area contributed by atoms with Gasteiger partial charge in [-0.1, -0.05) is 20.8 Å². The number of aromatic nitrogens is 1. The summed E-state index contributed by atoms with van der Waals surface area (Å²) in [4.78, 5) is 30.0. The third-order valence-electron chi connectivity index (χ3n) is 4.79. The van der Waals surface area contributed by atoms with Gasteiger partial charge in [0.2, 0.25) is 5.91 Å². The van der Waals surface area contributed by atoms with Crippen molar-refractivity contribution >= 4 is 22.7 Å². The molecule has 5 nitrogen and oxygen atoms in total. The number of hydrogen-bond acceptors (Lipinski definition) is 2. The van der Waals surface area contributed by atoms with E-state index in [4.69, 9.17) is 0 Å². The lowest BCUT2D eigenvalue weighted by atomic mass is 9.96. The molecule has 0 bridgehead atoms. The van der Waals surface area contributed by atoms with Crippen LogP contribution in [0.15, 0.2) is 18.2 Å². The van der Waals surface area contributed by atoms with E-state index in [1.165, 1.54) is 0 Å². The maximum atomic E-state index is 12.6. The molecule has 1 aliphatic rings. The van der Waals surface area contributed by atoms with Crippen molar-refractivity contribution in [3.05, 3.63) is 35.0 Å². The highest BCUT2D eigenvalue weighted by Gasteiger charge is 2.32. The van der Waals surface area contributed by atoms with Gasteiger partial charge in [-0.15, -0.1) is 0 Å². The highest BCUT2D eigenvalue weighted by molar-refractivity contribution is 5.99. The number of carbonyl (C=O) groups excluding carboxylic acids is 2. The number of hydrogen-bond donors (Lipinski definition) is 2. The maximum absolute atomic E-state index is 12.6. The molecule has 2 heterocycles. The molecule has 1 aliphatic heterocycles. The lowest BCUT2D eigenvalue weighted by Gasteiger charge is -2.26. The van der Waals surface area contributed by atoms with Crippen molar-refractivity contribution in [3.8, 4) is 0 Å². The lowest BCUT2D eigenvalue weighted by Crippen LogP contribution is -2.39. The number of aryl methyl sites for hydroxylation is 2. The Hall–Kier alpha value is -2.30. The Morgan fingerprint density at radius 2 is 2.04 bits per heavy atom. The standard InChI is InChI=1S/C20H27N3O2/c1-12-13(2)21-17-7-6-14(8-16(12)17)19(25)22-15-9-18(24)23(10-15)11-20(3,4)5/h6-8,15,21H,9-11H2,1-5H3,(H,22,25)/t15-/m1/s1. The van der Waals surface area contributed by atoms with Crippen molar-refractivity contribution in [2.24, 2.45) is 5.41 Å². The lowest BCUT2D eigenvalue weighted by molar-refractivity contribution is -0.128. The molecule has 134 valence electrons. The molecule has 0 aliphatic carbocycles. The second-order valence-electron chi connectivity index (χ2n) is 8.34. The van der Waals surface area contributed by atoms with Crippen LogP contribution in [0.4, 0.5) is 0 Å². The highest BCUT2D eigenvalue weighted by atomic mass is 16.2. The van der Waals surface area contributed by atoms with Gasteiger partial charge in [0, 0.05) is 41.7 Å². The summed E-state index contributed by atoms with van der Waals surface area (Å²) in [6.07, 6.45) is 0.381. The predicted octanol–water partition coefficient (Wildman–Crippen LogP) is 3.16. The van der Waals surface area contributed by atoms with Crippen LogP contribution in [0.3, 0.4) is 0 Å². The van der Waals surface area contributed by atoms with Crippen LogP contribution in [-0.4, -0.2) is 40.8 Å². The van der Waals surface area contributed by atoms with E-state index in [2.05, 4.69) is 38.0 Å². The molecule has 1 fully saturated rings. The first-order valence-corrected chi connectivity index (χ1v) is 8.81. The first kappa shape index (κ1) is 17.5. The molecular weight excluding hydrogens is 314 g/mol. The minimum absolute atomic E-state index is 0.0588. The second-order valence-corrected chi connectivity index (χ2v) is 8.34. The smallest absolute Gasteiger partial charge is 0.251 e. The fourth-order valence-electron chi connectivity index (χ4n) is 3.47. The molecule has 0 unspecified atom stereocenters.